The molecular formula is C27H24FNO4. The van der Waals surface area contributed by atoms with E-state index in [4.69, 9.17) is 4.74 Å². The molecule has 0 unspecified atom stereocenters. The maximum Gasteiger partial charge on any atom is 0.254 e. The molecule has 0 aromatic heterocycles. The Morgan fingerprint density at radius 2 is 1.39 bits per heavy atom. The van der Waals surface area contributed by atoms with Gasteiger partial charge in [-0.3, -0.25) is 14.4 Å². The van der Waals surface area contributed by atoms with Crippen molar-refractivity contribution >= 4 is 17.5 Å². The second-order valence-electron chi connectivity index (χ2n) is 8.04. The first kappa shape index (κ1) is 22.4. The number of carbonyl (C=O) groups is 3. The highest BCUT2D eigenvalue weighted by molar-refractivity contribution is 6.15. The molecule has 3 aromatic carbocycles. The molecule has 0 bridgehead atoms. The molecule has 1 fully saturated rings. The minimum absolute atomic E-state index is 0.0663. The minimum Gasteiger partial charge on any atom is -0.497 e. The number of likely N-dealkylation sites (tertiary alicyclic amines) is 1. The van der Waals surface area contributed by atoms with Crippen molar-refractivity contribution in [3.63, 3.8) is 0 Å². The van der Waals surface area contributed by atoms with Crippen molar-refractivity contribution < 1.29 is 23.5 Å². The van der Waals surface area contributed by atoms with E-state index in [1.807, 2.05) is 0 Å². The molecule has 1 heterocycles. The summed E-state index contributed by atoms with van der Waals surface area (Å²) in [5.41, 5.74) is 1.55. The Morgan fingerprint density at radius 3 is 2.00 bits per heavy atom. The van der Waals surface area contributed by atoms with Crippen molar-refractivity contribution in [2.24, 2.45) is 5.92 Å². The Balaban J connectivity index is 1.45. The van der Waals surface area contributed by atoms with Gasteiger partial charge in [0.1, 0.15) is 11.6 Å². The largest absolute Gasteiger partial charge is 0.497 e. The number of piperidine rings is 1. The average molecular weight is 445 g/mol. The fraction of sp³-hybridized carbons (Fsp3) is 0.222. The molecule has 0 radical (unpaired) electrons. The Morgan fingerprint density at radius 1 is 0.818 bits per heavy atom. The number of ketones is 2. The number of rotatable bonds is 6. The number of ether oxygens (including phenoxy) is 1. The third kappa shape index (κ3) is 4.85. The number of carbonyl (C=O) groups excluding carboxylic acids is 3. The second-order valence-corrected chi connectivity index (χ2v) is 8.04. The number of halogens is 1. The zero-order valence-corrected chi connectivity index (χ0v) is 18.3. The molecule has 1 aliphatic heterocycles. The summed E-state index contributed by atoms with van der Waals surface area (Å²) in [5.74, 6) is -0.390. The number of hydrogen-bond acceptors (Lipinski definition) is 4. The first-order chi connectivity index (χ1) is 16.0. The van der Waals surface area contributed by atoms with Crippen molar-refractivity contribution in [2.75, 3.05) is 20.2 Å². The van der Waals surface area contributed by atoms with Gasteiger partial charge in [-0.15, -0.1) is 0 Å². The van der Waals surface area contributed by atoms with Gasteiger partial charge >= 0.3 is 0 Å². The summed E-state index contributed by atoms with van der Waals surface area (Å²) in [6.45, 7) is 0.870. The van der Waals surface area contributed by atoms with Crippen LogP contribution < -0.4 is 4.74 Å². The quantitative estimate of drug-likeness (QED) is 0.512. The van der Waals surface area contributed by atoms with Gasteiger partial charge in [0.05, 0.1) is 12.7 Å². The molecule has 0 spiro atoms. The lowest BCUT2D eigenvalue weighted by Crippen LogP contribution is -2.40. The van der Waals surface area contributed by atoms with Gasteiger partial charge in [0.2, 0.25) is 0 Å². The summed E-state index contributed by atoms with van der Waals surface area (Å²) < 4.78 is 18.4. The Bertz CT molecular complexity index is 1160. The van der Waals surface area contributed by atoms with E-state index in [0.717, 1.165) is 0 Å². The molecule has 1 saturated heterocycles. The van der Waals surface area contributed by atoms with Gasteiger partial charge in [0.15, 0.2) is 11.6 Å². The summed E-state index contributed by atoms with van der Waals surface area (Å²) in [4.78, 5) is 40.7. The van der Waals surface area contributed by atoms with Crippen LogP contribution in [0.2, 0.25) is 0 Å². The minimum atomic E-state index is -0.428. The standard InChI is InChI=1S/C27H24FNO4/c1-33-22-12-8-18(9-13-22)25(30)20-14-16-29(17-15-20)27(32)24-5-3-2-4-23(24)26(31)19-6-10-21(28)11-7-19/h2-13,20H,14-17H2,1H3. The smallest absolute Gasteiger partial charge is 0.254 e. The molecule has 0 aliphatic carbocycles. The zero-order chi connectivity index (χ0) is 23.4. The summed E-state index contributed by atoms with van der Waals surface area (Å²) in [6.07, 6.45) is 1.12. The van der Waals surface area contributed by atoms with Crippen LogP contribution in [0.5, 0.6) is 5.75 Å². The third-order valence-electron chi connectivity index (χ3n) is 6.04. The van der Waals surface area contributed by atoms with Gasteiger partial charge in [-0.05, 0) is 67.4 Å². The van der Waals surface area contributed by atoms with E-state index in [1.165, 1.54) is 24.3 Å². The van der Waals surface area contributed by atoms with Crippen LogP contribution in [0.25, 0.3) is 0 Å². The van der Waals surface area contributed by atoms with Gasteiger partial charge in [-0.1, -0.05) is 18.2 Å². The van der Waals surface area contributed by atoms with Crippen LogP contribution in [-0.2, 0) is 0 Å². The van der Waals surface area contributed by atoms with Crippen LogP contribution >= 0.6 is 0 Å². The number of methoxy groups -OCH3 is 1. The maximum absolute atomic E-state index is 13.2. The molecule has 0 N–H and O–H groups in total. The highest BCUT2D eigenvalue weighted by atomic mass is 19.1. The molecular weight excluding hydrogens is 421 g/mol. The third-order valence-corrected chi connectivity index (χ3v) is 6.04. The molecule has 5 nitrogen and oxygen atoms in total. The van der Waals surface area contributed by atoms with E-state index in [2.05, 4.69) is 0 Å². The van der Waals surface area contributed by atoms with Crippen LogP contribution in [0.4, 0.5) is 4.39 Å². The summed E-state index contributed by atoms with van der Waals surface area (Å²) >= 11 is 0. The second kappa shape index (κ2) is 9.77. The van der Waals surface area contributed by atoms with E-state index in [0.29, 0.717) is 48.4 Å². The van der Waals surface area contributed by atoms with E-state index in [9.17, 15) is 18.8 Å². The van der Waals surface area contributed by atoms with E-state index >= 15 is 0 Å². The monoisotopic (exact) mass is 445 g/mol. The number of amides is 1. The van der Waals surface area contributed by atoms with E-state index < -0.39 is 5.82 Å². The van der Waals surface area contributed by atoms with Crippen molar-refractivity contribution in [3.8, 4) is 5.75 Å². The Labute approximate surface area is 191 Å². The lowest BCUT2D eigenvalue weighted by Gasteiger charge is -2.31. The van der Waals surface area contributed by atoms with Gasteiger partial charge in [-0.25, -0.2) is 4.39 Å². The topological polar surface area (TPSA) is 63.7 Å². The Hall–Kier alpha value is -3.80. The van der Waals surface area contributed by atoms with Crippen molar-refractivity contribution in [1.29, 1.82) is 0 Å². The van der Waals surface area contributed by atoms with Gasteiger partial charge in [0.25, 0.3) is 5.91 Å². The van der Waals surface area contributed by atoms with E-state index in [1.54, 1.807) is 60.5 Å². The van der Waals surface area contributed by atoms with Crippen LogP contribution in [0, 0.1) is 11.7 Å². The molecule has 6 heteroatoms. The predicted molar refractivity (Wildman–Crippen MR) is 122 cm³/mol. The molecule has 0 saturated carbocycles. The van der Waals surface area contributed by atoms with Crippen LogP contribution in [0.1, 0.15) is 49.5 Å². The van der Waals surface area contributed by atoms with Gasteiger partial charge < -0.3 is 9.64 Å². The van der Waals surface area contributed by atoms with Crippen molar-refractivity contribution in [3.05, 3.63) is 101 Å². The van der Waals surface area contributed by atoms with Gasteiger partial charge in [0, 0.05) is 35.7 Å². The first-order valence-electron chi connectivity index (χ1n) is 10.8. The average Bonchev–Trinajstić information content (AvgIpc) is 2.88. The maximum atomic E-state index is 13.2. The molecule has 168 valence electrons. The Kier molecular flexibility index (Phi) is 6.63. The van der Waals surface area contributed by atoms with Gasteiger partial charge in [-0.2, -0.15) is 0 Å². The molecule has 1 amide bonds. The summed E-state index contributed by atoms with van der Waals surface area (Å²) in [6, 6.07) is 19.0. The van der Waals surface area contributed by atoms with Crippen LogP contribution in [0.15, 0.2) is 72.8 Å². The number of Topliss-reactive ketones (excluding diaryl/α,β-unsaturated/α-hetero) is 1. The highest BCUT2D eigenvalue weighted by Gasteiger charge is 2.30. The first-order valence-corrected chi connectivity index (χ1v) is 10.8. The lowest BCUT2D eigenvalue weighted by atomic mass is 9.88. The van der Waals surface area contributed by atoms with Crippen LogP contribution in [0.3, 0.4) is 0 Å². The number of nitrogens with zero attached hydrogens (tertiary/aromatic N) is 1. The highest BCUT2D eigenvalue weighted by Crippen LogP contribution is 2.25. The normalized spacial score (nSPS) is 14.1. The molecule has 0 atom stereocenters. The number of hydrogen-bond donors (Lipinski definition) is 0. The fourth-order valence-electron chi connectivity index (χ4n) is 4.13. The summed E-state index contributed by atoms with van der Waals surface area (Å²) in [7, 11) is 1.58. The predicted octanol–water partition coefficient (Wildman–Crippen LogP) is 4.80. The SMILES string of the molecule is COc1ccc(C(=O)C2CCN(C(=O)c3ccccc3C(=O)c3ccc(F)cc3)CC2)cc1. The fourth-order valence-corrected chi connectivity index (χ4v) is 4.13. The lowest BCUT2D eigenvalue weighted by molar-refractivity contribution is 0.0648. The number of benzene rings is 3. The molecule has 33 heavy (non-hydrogen) atoms. The zero-order valence-electron chi connectivity index (χ0n) is 18.3. The molecule has 3 aromatic rings. The summed E-state index contributed by atoms with van der Waals surface area (Å²) in [5, 5.41) is 0. The van der Waals surface area contributed by atoms with E-state index in [-0.39, 0.29) is 29.0 Å². The van der Waals surface area contributed by atoms with Crippen molar-refractivity contribution in [1.82, 2.24) is 4.90 Å². The van der Waals surface area contributed by atoms with Crippen LogP contribution in [-0.4, -0.2) is 42.6 Å². The molecule has 1 aliphatic rings. The van der Waals surface area contributed by atoms with Crippen molar-refractivity contribution in [2.45, 2.75) is 12.8 Å². The molecule has 4 rings (SSSR count).